The summed E-state index contributed by atoms with van der Waals surface area (Å²) in [7, 11) is -1.64. The highest BCUT2D eigenvalue weighted by molar-refractivity contribution is 7.80. The number of fused-ring (bicyclic) bond motifs is 2. The molecule has 4 aromatic heterocycles. The average Bonchev–Trinajstić information content (AvgIpc) is 4.08. The first-order valence-corrected chi connectivity index (χ1v) is 25.6. The topological polar surface area (TPSA) is 57.4 Å². The van der Waals surface area contributed by atoms with Crippen LogP contribution in [0, 0.1) is 0 Å². The third-order valence-corrected chi connectivity index (χ3v) is 17.3. The van der Waals surface area contributed by atoms with E-state index in [0.717, 1.165) is 83.4 Å². The summed E-state index contributed by atoms with van der Waals surface area (Å²) in [6.07, 6.45) is 0. The molecule has 0 aliphatic rings. The molecule has 0 amide bonds. The summed E-state index contributed by atoms with van der Waals surface area (Å²) < 4.78 is 0. The molecule has 2 N–H and O–H groups in total. The Kier molecular flexibility index (Phi) is 11.2. The van der Waals surface area contributed by atoms with Gasteiger partial charge < -0.3 is 9.97 Å². The number of nitrogens with one attached hydrogen (secondary N) is 2. The second-order valence-corrected chi connectivity index (χ2v) is 21.2. The van der Waals surface area contributed by atoms with Crippen molar-refractivity contribution in [3.05, 3.63) is 255 Å². The molecule has 12 rings (SSSR count). The van der Waals surface area contributed by atoms with Gasteiger partial charge in [0.1, 0.15) is 0 Å². The van der Waals surface area contributed by atoms with Gasteiger partial charge in [0.15, 0.2) is 0 Å². The number of aromatic amines is 2. The lowest BCUT2D eigenvalue weighted by molar-refractivity contribution is 1.37. The van der Waals surface area contributed by atoms with Gasteiger partial charge >= 0.3 is 0 Å². The van der Waals surface area contributed by atoms with Crippen LogP contribution < -0.4 is 32.1 Å². The van der Waals surface area contributed by atoms with Crippen LogP contribution in [0.5, 0.6) is 0 Å². The molecule has 0 unspecified atom stereocenters. The van der Waals surface area contributed by atoms with E-state index in [1.54, 1.807) is 0 Å². The number of para-hydroxylation sites is 1. The zero-order chi connectivity index (χ0) is 45.2. The number of hydrogen-bond donors (Lipinski definition) is 2. The molecule has 4 heterocycles. The Balaban J connectivity index is 0.918. The number of hydrogen-bond acceptors (Lipinski definition) is 2. The first-order chi connectivity index (χ1) is 33.7. The van der Waals surface area contributed by atoms with Gasteiger partial charge in [0.05, 0.1) is 22.3 Å². The number of aromatic nitrogens is 4. The molecule has 0 spiro atoms. The minimum atomic E-state index is -0.843. The standard InChI is InChI=1S/C62H44N4P2/c1-5-19-47(20-6-1)67(48-21-7-2-8-22-48)61-31-17-30-57(65-61)51-27-14-15-28-52(51)60-42-46-40-44(34-36-56(46)64-60)45-32-35-53(54(41-45)59-37-33-43-18-13-16-29-55(43)63-59)58-38-39-62(66-58)68(49-23-9-3-10-24-49)50-25-11-4-12-26-50/h1-42,64,66H. The molecule has 6 heteroatoms. The van der Waals surface area contributed by atoms with E-state index < -0.39 is 15.8 Å². The first kappa shape index (κ1) is 41.4. The molecule has 0 aliphatic heterocycles. The van der Waals surface area contributed by atoms with Crippen LogP contribution in [0.3, 0.4) is 0 Å². The van der Waals surface area contributed by atoms with E-state index in [4.69, 9.17) is 9.97 Å². The average molecular weight is 907 g/mol. The van der Waals surface area contributed by atoms with Crippen LogP contribution in [-0.2, 0) is 0 Å². The van der Waals surface area contributed by atoms with Crippen molar-refractivity contribution in [3.8, 4) is 56.2 Å². The lowest BCUT2D eigenvalue weighted by atomic mass is 9.94. The second-order valence-electron chi connectivity index (χ2n) is 16.8. The van der Waals surface area contributed by atoms with Crippen LogP contribution in [0.2, 0.25) is 0 Å². The zero-order valence-corrected chi connectivity index (χ0v) is 38.8. The van der Waals surface area contributed by atoms with Crippen LogP contribution in [0.25, 0.3) is 78.0 Å². The van der Waals surface area contributed by atoms with E-state index in [0.29, 0.717) is 0 Å². The quantitative estimate of drug-likeness (QED) is 0.127. The third-order valence-electron chi connectivity index (χ3n) is 12.6. The van der Waals surface area contributed by atoms with Gasteiger partial charge in [0.25, 0.3) is 0 Å². The third kappa shape index (κ3) is 8.16. The maximum absolute atomic E-state index is 5.41. The molecule has 322 valence electrons. The fraction of sp³-hybridized carbons (Fsp3) is 0. The van der Waals surface area contributed by atoms with Crippen LogP contribution in [0.4, 0.5) is 0 Å². The van der Waals surface area contributed by atoms with Gasteiger partial charge in [-0.2, -0.15) is 0 Å². The first-order valence-electron chi connectivity index (χ1n) is 22.9. The van der Waals surface area contributed by atoms with Gasteiger partial charge in [-0.1, -0.05) is 194 Å². The maximum Gasteiger partial charge on any atom is 0.0728 e. The van der Waals surface area contributed by atoms with Crippen LogP contribution in [0.15, 0.2) is 255 Å². The molecule has 0 radical (unpaired) electrons. The fourth-order valence-electron chi connectivity index (χ4n) is 9.30. The molecular weight excluding hydrogens is 863 g/mol. The molecule has 0 aliphatic carbocycles. The summed E-state index contributed by atoms with van der Waals surface area (Å²) in [5, 5.41) is 7.44. The molecule has 0 saturated carbocycles. The Hall–Kier alpha value is -8.00. The fourth-order valence-corrected chi connectivity index (χ4v) is 13.8. The molecule has 0 saturated heterocycles. The zero-order valence-electron chi connectivity index (χ0n) is 37.0. The van der Waals surface area contributed by atoms with E-state index in [-0.39, 0.29) is 0 Å². The summed E-state index contributed by atoms with van der Waals surface area (Å²) >= 11 is 0. The number of nitrogens with zero attached hydrogens (tertiary/aromatic N) is 2. The van der Waals surface area contributed by atoms with E-state index in [1.165, 1.54) is 26.7 Å². The highest BCUT2D eigenvalue weighted by Gasteiger charge is 2.22. The van der Waals surface area contributed by atoms with Crippen molar-refractivity contribution in [2.24, 2.45) is 0 Å². The molecule has 0 atom stereocenters. The molecule has 0 fully saturated rings. The summed E-state index contributed by atoms with van der Waals surface area (Å²) in [6, 6.07) is 91.3. The minimum Gasteiger partial charge on any atom is -0.355 e. The molecule has 12 aromatic rings. The highest BCUT2D eigenvalue weighted by atomic mass is 31.1. The van der Waals surface area contributed by atoms with Gasteiger partial charge in [0.2, 0.25) is 0 Å². The normalized spacial score (nSPS) is 11.5. The lowest BCUT2D eigenvalue weighted by Gasteiger charge is -2.19. The van der Waals surface area contributed by atoms with E-state index in [1.807, 2.05) is 0 Å². The summed E-state index contributed by atoms with van der Waals surface area (Å²) in [6.45, 7) is 0. The van der Waals surface area contributed by atoms with Gasteiger partial charge in [-0.3, -0.25) is 0 Å². The van der Waals surface area contributed by atoms with Crippen LogP contribution >= 0.6 is 15.8 Å². The van der Waals surface area contributed by atoms with Gasteiger partial charge in [-0.15, -0.1) is 0 Å². The van der Waals surface area contributed by atoms with Crippen molar-refractivity contribution >= 4 is 69.7 Å². The minimum absolute atomic E-state index is 0.792. The predicted molar refractivity (Wildman–Crippen MR) is 290 cm³/mol. The second kappa shape index (κ2) is 18.4. The number of benzene rings is 8. The van der Waals surface area contributed by atoms with Crippen molar-refractivity contribution in [2.75, 3.05) is 0 Å². The number of H-pyrrole nitrogens is 2. The lowest BCUT2D eigenvalue weighted by Crippen LogP contribution is -2.22. The summed E-state index contributed by atoms with van der Waals surface area (Å²) in [5.74, 6) is 0. The molecular formula is C62H44N4P2. The maximum atomic E-state index is 5.41. The van der Waals surface area contributed by atoms with Crippen LogP contribution in [-0.4, -0.2) is 19.9 Å². The Labute approximate surface area is 398 Å². The van der Waals surface area contributed by atoms with Crippen molar-refractivity contribution in [1.29, 1.82) is 0 Å². The Morgan fingerprint density at radius 2 is 0.882 bits per heavy atom. The summed E-state index contributed by atoms with van der Waals surface area (Å²) in [5.41, 5.74) is 15.0. The largest absolute Gasteiger partial charge is 0.355 e. The van der Waals surface area contributed by atoms with Gasteiger partial charge in [-0.25, -0.2) is 9.97 Å². The Morgan fingerprint density at radius 1 is 0.309 bits per heavy atom. The van der Waals surface area contributed by atoms with Crippen molar-refractivity contribution in [3.63, 3.8) is 0 Å². The van der Waals surface area contributed by atoms with E-state index in [9.17, 15) is 0 Å². The Morgan fingerprint density at radius 3 is 1.59 bits per heavy atom. The Bertz CT molecular complexity index is 3620. The van der Waals surface area contributed by atoms with Gasteiger partial charge in [-0.05, 0) is 93.0 Å². The summed E-state index contributed by atoms with van der Waals surface area (Å²) in [4.78, 5) is 18.3. The SMILES string of the molecule is c1ccc(P(c2ccccc2)c2cccc(-c3ccccc3-c3cc4cc(-c5ccc(-c6ccc(P(c7ccccc7)c7ccccc7)[nH]6)c(-c6ccc7ccccc7n6)c5)ccc4[nH]3)n2)cc1. The number of pyridine rings is 2. The number of rotatable bonds is 11. The van der Waals surface area contributed by atoms with Crippen molar-refractivity contribution in [2.45, 2.75) is 0 Å². The van der Waals surface area contributed by atoms with E-state index in [2.05, 4.69) is 265 Å². The monoisotopic (exact) mass is 906 g/mol. The highest BCUT2D eigenvalue weighted by Crippen LogP contribution is 2.40. The van der Waals surface area contributed by atoms with Crippen LogP contribution in [0.1, 0.15) is 0 Å². The van der Waals surface area contributed by atoms with Crippen molar-refractivity contribution < 1.29 is 0 Å². The van der Waals surface area contributed by atoms with E-state index >= 15 is 0 Å². The predicted octanol–water partition coefficient (Wildman–Crippen LogP) is 13.3. The smallest absolute Gasteiger partial charge is 0.0728 e. The van der Waals surface area contributed by atoms with Crippen molar-refractivity contribution in [1.82, 2.24) is 19.9 Å². The molecule has 8 aromatic carbocycles. The molecule has 68 heavy (non-hydrogen) atoms. The molecule has 0 bridgehead atoms. The molecule has 4 nitrogen and oxygen atoms in total. The van der Waals surface area contributed by atoms with Gasteiger partial charge in [0, 0.05) is 71.2 Å².